The van der Waals surface area contributed by atoms with E-state index in [0.29, 0.717) is 30.9 Å². The molecule has 3 amide bonds. The minimum absolute atomic E-state index is 0.0834. The van der Waals surface area contributed by atoms with Crippen molar-refractivity contribution in [3.05, 3.63) is 89.0 Å². The van der Waals surface area contributed by atoms with Crippen LogP contribution in [0, 0.1) is 0 Å². The zero-order valence-corrected chi connectivity index (χ0v) is 15.9. The van der Waals surface area contributed by atoms with Crippen LogP contribution in [0.3, 0.4) is 0 Å². The van der Waals surface area contributed by atoms with Gasteiger partial charge in [-0.1, -0.05) is 54.6 Å². The number of carbonyl (C=O) groups excluding carboxylic acids is 2. The van der Waals surface area contributed by atoms with Gasteiger partial charge in [-0.15, -0.1) is 0 Å². The largest absolute Gasteiger partial charge is 0.352 e. The van der Waals surface area contributed by atoms with E-state index in [2.05, 4.69) is 34.9 Å². The Morgan fingerprint density at radius 2 is 1.48 bits per heavy atom. The molecule has 29 heavy (non-hydrogen) atoms. The molecule has 0 spiro atoms. The Bertz CT molecular complexity index is 1080. The van der Waals surface area contributed by atoms with E-state index in [-0.39, 0.29) is 11.9 Å². The summed E-state index contributed by atoms with van der Waals surface area (Å²) >= 11 is 0. The second-order valence-corrected chi connectivity index (χ2v) is 7.48. The van der Waals surface area contributed by atoms with Crippen LogP contribution in [-0.2, 0) is 19.5 Å². The molecule has 2 aliphatic heterocycles. The Labute approximate surface area is 169 Å². The number of rotatable bonds is 1. The molecule has 0 saturated carbocycles. The Kier molecular flexibility index (Phi) is 4.28. The number of carbonyl (C=O) groups is 2. The molecule has 0 bridgehead atoms. The van der Waals surface area contributed by atoms with Crippen molar-refractivity contribution in [2.75, 3.05) is 11.9 Å². The van der Waals surface area contributed by atoms with Crippen LogP contribution in [0.5, 0.6) is 0 Å². The summed E-state index contributed by atoms with van der Waals surface area (Å²) in [5.74, 6) is -0.0834. The average molecular weight is 383 g/mol. The number of nitrogens with one attached hydrogen (secondary N) is 2. The fourth-order valence-corrected chi connectivity index (χ4v) is 4.14. The average Bonchev–Trinajstić information content (AvgIpc) is 2.91. The van der Waals surface area contributed by atoms with Crippen molar-refractivity contribution in [3.63, 3.8) is 0 Å². The molecule has 0 radical (unpaired) electrons. The minimum Gasteiger partial charge on any atom is -0.352 e. The van der Waals surface area contributed by atoms with Crippen molar-refractivity contribution in [2.45, 2.75) is 19.5 Å². The molecule has 5 nitrogen and oxygen atoms in total. The van der Waals surface area contributed by atoms with E-state index in [1.165, 1.54) is 11.1 Å². The molecule has 3 aromatic carbocycles. The number of hydrogen-bond donors (Lipinski definition) is 2. The van der Waals surface area contributed by atoms with E-state index in [9.17, 15) is 9.59 Å². The number of hydrogen-bond acceptors (Lipinski definition) is 2. The van der Waals surface area contributed by atoms with Gasteiger partial charge >= 0.3 is 6.03 Å². The van der Waals surface area contributed by atoms with Crippen LogP contribution in [0.2, 0.25) is 0 Å². The quantitative estimate of drug-likeness (QED) is 0.662. The summed E-state index contributed by atoms with van der Waals surface area (Å²) in [6.45, 7) is 1.72. The molecule has 0 fully saturated rings. The lowest BCUT2D eigenvalue weighted by Gasteiger charge is -2.23. The van der Waals surface area contributed by atoms with Gasteiger partial charge < -0.3 is 15.5 Å². The third-order valence-electron chi connectivity index (χ3n) is 5.62. The van der Waals surface area contributed by atoms with Crippen molar-refractivity contribution >= 4 is 17.6 Å². The van der Waals surface area contributed by atoms with E-state index in [1.54, 1.807) is 6.07 Å². The van der Waals surface area contributed by atoms with Crippen LogP contribution in [0.15, 0.2) is 66.7 Å². The lowest BCUT2D eigenvalue weighted by Crippen LogP contribution is -2.34. The van der Waals surface area contributed by atoms with Crippen molar-refractivity contribution in [1.29, 1.82) is 0 Å². The summed E-state index contributed by atoms with van der Waals surface area (Å²) in [4.78, 5) is 27.0. The predicted octanol–water partition coefficient (Wildman–Crippen LogP) is 4.19. The molecule has 3 aromatic rings. The molecule has 0 aliphatic carbocycles. The summed E-state index contributed by atoms with van der Waals surface area (Å²) in [5.41, 5.74) is 6.88. The number of amides is 3. The predicted molar refractivity (Wildman–Crippen MR) is 113 cm³/mol. The molecule has 144 valence electrons. The van der Waals surface area contributed by atoms with E-state index in [1.807, 2.05) is 41.3 Å². The smallest absolute Gasteiger partial charge is 0.322 e. The highest BCUT2D eigenvalue weighted by Gasteiger charge is 2.23. The lowest BCUT2D eigenvalue weighted by molar-refractivity contribution is 0.0946. The van der Waals surface area contributed by atoms with Crippen LogP contribution in [0.25, 0.3) is 11.1 Å². The van der Waals surface area contributed by atoms with Crippen molar-refractivity contribution in [2.24, 2.45) is 0 Å². The van der Waals surface area contributed by atoms with Crippen LogP contribution in [0.1, 0.15) is 27.0 Å². The van der Waals surface area contributed by atoms with Gasteiger partial charge in [0, 0.05) is 30.9 Å². The van der Waals surface area contributed by atoms with Gasteiger partial charge in [0.1, 0.15) is 0 Å². The molecular formula is C24H21N3O2. The zero-order valence-electron chi connectivity index (χ0n) is 15.9. The molecule has 0 saturated heterocycles. The maximum Gasteiger partial charge on any atom is 0.322 e. The molecular weight excluding hydrogens is 362 g/mol. The molecule has 0 atom stereocenters. The number of benzene rings is 3. The SMILES string of the molecule is O=C1NCCc2ccc(NC(=O)N3Cc4ccccc4-c4ccccc4C3)cc21. The maximum absolute atomic E-state index is 13.1. The number of fused-ring (bicyclic) bond motifs is 4. The van der Waals surface area contributed by atoms with Gasteiger partial charge in [-0.25, -0.2) is 4.79 Å². The van der Waals surface area contributed by atoms with E-state index < -0.39 is 0 Å². The number of urea groups is 1. The molecule has 0 aromatic heterocycles. The monoisotopic (exact) mass is 383 g/mol. The third-order valence-corrected chi connectivity index (χ3v) is 5.62. The maximum atomic E-state index is 13.1. The minimum atomic E-state index is -0.173. The Morgan fingerprint density at radius 1 is 0.828 bits per heavy atom. The standard InChI is InChI=1S/C24H21N3O2/c28-23-22-13-19(10-9-16(22)11-12-25-23)26-24(29)27-14-17-5-1-3-7-20(17)21-8-4-2-6-18(21)15-27/h1-10,13H,11-12,14-15H2,(H,25,28)(H,26,29). The van der Waals surface area contributed by atoms with Crippen LogP contribution < -0.4 is 10.6 Å². The van der Waals surface area contributed by atoms with E-state index in [4.69, 9.17) is 0 Å². The van der Waals surface area contributed by atoms with Gasteiger partial charge in [0.25, 0.3) is 5.91 Å². The molecule has 2 heterocycles. The first kappa shape index (κ1) is 17.5. The zero-order chi connectivity index (χ0) is 19.8. The first-order chi connectivity index (χ1) is 14.2. The van der Waals surface area contributed by atoms with Gasteiger partial charge in [0.2, 0.25) is 0 Å². The highest BCUT2D eigenvalue weighted by Crippen LogP contribution is 2.32. The summed E-state index contributed by atoms with van der Waals surface area (Å²) in [6, 6.07) is 21.8. The second kappa shape index (κ2) is 7.09. The van der Waals surface area contributed by atoms with Gasteiger partial charge in [-0.05, 0) is 46.4 Å². The summed E-state index contributed by atoms with van der Waals surface area (Å²) in [5, 5.41) is 5.83. The van der Waals surface area contributed by atoms with E-state index in [0.717, 1.165) is 23.1 Å². The fourth-order valence-electron chi connectivity index (χ4n) is 4.14. The molecule has 5 rings (SSSR count). The third kappa shape index (κ3) is 3.25. The second-order valence-electron chi connectivity index (χ2n) is 7.48. The lowest BCUT2D eigenvalue weighted by atomic mass is 9.97. The number of nitrogens with zero attached hydrogens (tertiary/aromatic N) is 1. The summed E-state index contributed by atoms with van der Waals surface area (Å²) < 4.78 is 0. The van der Waals surface area contributed by atoms with E-state index >= 15 is 0 Å². The first-order valence-corrected chi connectivity index (χ1v) is 9.82. The van der Waals surface area contributed by atoms with Crippen molar-refractivity contribution in [3.8, 4) is 11.1 Å². The van der Waals surface area contributed by atoms with Gasteiger partial charge in [0.15, 0.2) is 0 Å². The summed E-state index contributed by atoms with van der Waals surface area (Å²) in [6.07, 6.45) is 0.814. The normalized spacial score (nSPS) is 14.8. The molecule has 0 unspecified atom stereocenters. The van der Waals surface area contributed by atoms with Crippen molar-refractivity contribution in [1.82, 2.24) is 10.2 Å². The fraction of sp³-hybridized carbons (Fsp3) is 0.167. The van der Waals surface area contributed by atoms with Crippen LogP contribution in [0.4, 0.5) is 10.5 Å². The van der Waals surface area contributed by atoms with Crippen LogP contribution in [-0.4, -0.2) is 23.4 Å². The van der Waals surface area contributed by atoms with Crippen LogP contribution >= 0.6 is 0 Å². The highest BCUT2D eigenvalue weighted by molar-refractivity contribution is 5.99. The Hall–Kier alpha value is -3.60. The van der Waals surface area contributed by atoms with Gasteiger partial charge in [0.05, 0.1) is 0 Å². The number of anilines is 1. The molecule has 2 aliphatic rings. The van der Waals surface area contributed by atoms with Crippen molar-refractivity contribution < 1.29 is 9.59 Å². The first-order valence-electron chi connectivity index (χ1n) is 9.82. The molecule has 5 heteroatoms. The summed E-state index contributed by atoms with van der Waals surface area (Å²) in [7, 11) is 0. The topological polar surface area (TPSA) is 61.4 Å². The Morgan fingerprint density at radius 3 is 2.17 bits per heavy atom. The van der Waals surface area contributed by atoms with Gasteiger partial charge in [-0.3, -0.25) is 4.79 Å². The van der Waals surface area contributed by atoms with Gasteiger partial charge in [-0.2, -0.15) is 0 Å². The Balaban J connectivity index is 1.44. The highest BCUT2D eigenvalue weighted by atomic mass is 16.2. The molecule has 2 N–H and O–H groups in total.